The highest BCUT2D eigenvalue weighted by Crippen LogP contribution is 1.98. The van der Waals surface area contributed by atoms with Gasteiger partial charge < -0.3 is 10.1 Å². The molecule has 1 aromatic heterocycles. The topological polar surface area (TPSA) is 73.2 Å². The Morgan fingerprint density at radius 3 is 2.82 bits per heavy atom. The van der Waals surface area contributed by atoms with Crippen LogP contribution < -0.4 is 5.32 Å². The van der Waals surface area contributed by atoms with Gasteiger partial charge in [0.1, 0.15) is 6.04 Å². The summed E-state index contributed by atoms with van der Waals surface area (Å²) in [5, 5.41) is 6.44. The van der Waals surface area contributed by atoms with Gasteiger partial charge in [-0.2, -0.15) is 5.10 Å². The smallest absolute Gasteiger partial charge is 0.328 e. The summed E-state index contributed by atoms with van der Waals surface area (Å²) in [6, 6.07) is -0.661. The molecule has 6 nitrogen and oxygen atoms in total. The monoisotopic (exact) mass is 237 g/mol. The van der Waals surface area contributed by atoms with Gasteiger partial charge >= 0.3 is 5.97 Å². The minimum absolute atomic E-state index is 0.355. The molecule has 0 aliphatic carbocycles. The van der Waals surface area contributed by atoms with Crippen LogP contribution in [0.4, 0.5) is 0 Å². The first-order chi connectivity index (χ1) is 8.02. The van der Waals surface area contributed by atoms with Crippen molar-refractivity contribution in [2.24, 2.45) is 7.05 Å². The van der Waals surface area contributed by atoms with Gasteiger partial charge in [0.15, 0.2) is 0 Å². The van der Waals surface area contributed by atoms with E-state index in [0.29, 0.717) is 0 Å². The lowest BCUT2D eigenvalue weighted by Crippen LogP contribution is -2.38. The van der Waals surface area contributed by atoms with Crippen molar-refractivity contribution in [3.05, 3.63) is 24.0 Å². The van der Waals surface area contributed by atoms with Crippen LogP contribution in [0.25, 0.3) is 6.08 Å². The molecule has 0 spiro atoms. The van der Waals surface area contributed by atoms with Gasteiger partial charge in [0.25, 0.3) is 0 Å². The lowest BCUT2D eigenvalue weighted by molar-refractivity contribution is -0.144. The van der Waals surface area contributed by atoms with E-state index in [4.69, 9.17) is 0 Å². The number of amides is 1. The summed E-state index contributed by atoms with van der Waals surface area (Å²) >= 11 is 0. The number of hydrogen-bond donors (Lipinski definition) is 1. The number of hydrogen-bond acceptors (Lipinski definition) is 4. The standard InChI is InChI=1S/C11H15N3O3/c1-8(11(16)17-3)13-10(15)5-4-9-6-12-14(2)7-9/h4-8H,1-3H3,(H,13,15). The molecule has 0 aromatic carbocycles. The van der Waals surface area contributed by atoms with Gasteiger partial charge in [0, 0.05) is 24.9 Å². The fourth-order valence-electron chi connectivity index (χ4n) is 1.20. The summed E-state index contributed by atoms with van der Waals surface area (Å²) in [6.07, 6.45) is 6.36. The third kappa shape index (κ3) is 4.10. The predicted molar refractivity (Wildman–Crippen MR) is 61.9 cm³/mol. The number of nitrogens with zero attached hydrogens (tertiary/aromatic N) is 2. The van der Waals surface area contributed by atoms with Gasteiger partial charge in [0.05, 0.1) is 13.3 Å². The van der Waals surface area contributed by atoms with Crippen molar-refractivity contribution in [3.63, 3.8) is 0 Å². The van der Waals surface area contributed by atoms with Crippen LogP contribution >= 0.6 is 0 Å². The van der Waals surface area contributed by atoms with E-state index >= 15 is 0 Å². The molecular formula is C11H15N3O3. The van der Waals surface area contributed by atoms with E-state index < -0.39 is 12.0 Å². The number of ether oxygens (including phenoxy) is 1. The quantitative estimate of drug-likeness (QED) is 0.596. The Hall–Kier alpha value is -2.11. The predicted octanol–water partition coefficient (Wildman–Crippen LogP) is 0.111. The van der Waals surface area contributed by atoms with E-state index in [1.807, 2.05) is 0 Å². The number of rotatable bonds is 4. The minimum Gasteiger partial charge on any atom is -0.467 e. The van der Waals surface area contributed by atoms with Crippen molar-refractivity contribution in [2.45, 2.75) is 13.0 Å². The highest BCUT2D eigenvalue weighted by Gasteiger charge is 2.13. The van der Waals surface area contributed by atoms with Crippen LogP contribution in [0, 0.1) is 0 Å². The second-order valence-corrected chi connectivity index (χ2v) is 3.53. The molecule has 0 aliphatic rings. The van der Waals surface area contributed by atoms with Crippen LogP contribution in [0.5, 0.6) is 0 Å². The second kappa shape index (κ2) is 5.83. The Balaban J connectivity index is 2.50. The van der Waals surface area contributed by atoms with Gasteiger partial charge in [0.2, 0.25) is 5.91 Å². The molecule has 0 saturated carbocycles. The van der Waals surface area contributed by atoms with Gasteiger partial charge in [-0.1, -0.05) is 0 Å². The largest absolute Gasteiger partial charge is 0.467 e. The Kier molecular flexibility index (Phi) is 4.45. The Morgan fingerprint density at radius 1 is 1.59 bits per heavy atom. The first kappa shape index (κ1) is 13.0. The lowest BCUT2D eigenvalue weighted by atomic mass is 10.3. The number of esters is 1. The van der Waals surface area contributed by atoms with Crippen molar-refractivity contribution < 1.29 is 14.3 Å². The van der Waals surface area contributed by atoms with Gasteiger partial charge in [-0.15, -0.1) is 0 Å². The molecule has 0 bridgehead atoms. The normalized spacial score (nSPS) is 12.4. The molecule has 1 rings (SSSR count). The number of nitrogens with one attached hydrogen (secondary N) is 1. The average Bonchev–Trinajstić information content (AvgIpc) is 2.71. The molecule has 17 heavy (non-hydrogen) atoms. The van der Waals surface area contributed by atoms with Crippen molar-refractivity contribution >= 4 is 18.0 Å². The molecule has 1 N–H and O–H groups in total. The van der Waals surface area contributed by atoms with Crippen LogP contribution in [0.3, 0.4) is 0 Å². The summed E-state index contributed by atoms with van der Waals surface area (Å²) in [4.78, 5) is 22.5. The summed E-state index contributed by atoms with van der Waals surface area (Å²) in [5.41, 5.74) is 0.813. The SMILES string of the molecule is COC(=O)C(C)NC(=O)C=Cc1cnn(C)c1. The van der Waals surface area contributed by atoms with Crippen LogP contribution in [-0.4, -0.2) is 34.8 Å². The molecule has 1 atom stereocenters. The van der Waals surface area contributed by atoms with Crippen LogP contribution in [0.2, 0.25) is 0 Å². The summed E-state index contributed by atoms with van der Waals surface area (Å²) in [6.45, 7) is 1.56. The molecule has 6 heteroatoms. The van der Waals surface area contributed by atoms with Gasteiger partial charge in [-0.3, -0.25) is 9.48 Å². The fourth-order valence-corrected chi connectivity index (χ4v) is 1.20. The van der Waals surface area contributed by atoms with Crippen molar-refractivity contribution in [1.82, 2.24) is 15.1 Å². The number of aromatic nitrogens is 2. The summed E-state index contributed by atoms with van der Waals surface area (Å²) in [5.74, 6) is -0.833. The molecular weight excluding hydrogens is 222 g/mol. The molecule has 1 heterocycles. The zero-order valence-electron chi connectivity index (χ0n) is 10.0. The maximum atomic E-state index is 11.4. The lowest BCUT2D eigenvalue weighted by Gasteiger charge is -2.08. The zero-order chi connectivity index (χ0) is 12.8. The van der Waals surface area contributed by atoms with Crippen molar-refractivity contribution in [2.75, 3.05) is 7.11 Å². The molecule has 0 saturated heterocycles. The highest BCUT2D eigenvalue weighted by atomic mass is 16.5. The third-order valence-corrected chi connectivity index (χ3v) is 2.07. The van der Waals surface area contributed by atoms with E-state index in [1.54, 1.807) is 37.1 Å². The third-order valence-electron chi connectivity index (χ3n) is 2.07. The first-order valence-corrected chi connectivity index (χ1v) is 5.08. The van der Waals surface area contributed by atoms with E-state index in [2.05, 4.69) is 15.2 Å². The van der Waals surface area contributed by atoms with E-state index in [-0.39, 0.29) is 5.91 Å². The molecule has 0 radical (unpaired) electrons. The molecule has 1 aromatic rings. The number of carbonyl (C=O) groups is 2. The van der Waals surface area contributed by atoms with Crippen LogP contribution in [0.15, 0.2) is 18.5 Å². The fraction of sp³-hybridized carbons (Fsp3) is 0.364. The number of methoxy groups -OCH3 is 1. The van der Waals surface area contributed by atoms with E-state index in [9.17, 15) is 9.59 Å². The Bertz CT molecular complexity index is 437. The second-order valence-electron chi connectivity index (χ2n) is 3.53. The van der Waals surface area contributed by atoms with E-state index in [0.717, 1.165) is 5.56 Å². The minimum atomic E-state index is -0.661. The maximum absolute atomic E-state index is 11.4. The van der Waals surface area contributed by atoms with Crippen LogP contribution in [-0.2, 0) is 21.4 Å². The highest BCUT2D eigenvalue weighted by molar-refractivity contribution is 5.94. The number of carbonyl (C=O) groups excluding carboxylic acids is 2. The summed E-state index contributed by atoms with van der Waals surface area (Å²) < 4.78 is 6.12. The maximum Gasteiger partial charge on any atom is 0.328 e. The average molecular weight is 237 g/mol. The van der Waals surface area contributed by atoms with Crippen molar-refractivity contribution in [3.8, 4) is 0 Å². The molecule has 1 unspecified atom stereocenters. The molecule has 0 fully saturated rings. The summed E-state index contributed by atoms with van der Waals surface area (Å²) in [7, 11) is 3.06. The molecule has 0 aliphatic heterocycles. The van der Waals surface area contributed by atoms with Crippen LogP contribution in [0.1, 0.15) is 12.5 Å². The molecule has 1 amide bonds. The van der Waals surface area contributed by atoms with E-state index in [1.165, 1.54) is 13.2 Å². The van der Waals surface area contributed by atoms with Gasteiger partial charge in [-0.25, -0.2) is 4.79 Å². The Morgan fingerprint density at radius 2 is 2.29 bits per heavy atom. The first-order valence-electron chi connectivity index (χ1n) is 5.08. The zero-order valence-corrected chi connectivity index (χ0v) is 10.0. The Labute approximate surface area is 99.3 Å². The molecule has 92 valence electrons. The van der Waals surface area contributed by atoms with Gasteiger partial charge in [-0.05, 0) is 13.0 Å². The number of aryl methyl sites for hydroxylation is 1. The van der Waals surface area contributed by atoms with Crippen molar-refractivity contribution in [1.29, 1.82) is 0 Å².